The molecule has 0 aliphatic carbocycles. The number of carbonyl (C=O) groups excluding carboxylic acids is 3. The van der Waals surface area contributed by atoms with E-state index in [1.54, 1.807) is 23.8 Å². The lowest BCUT2D eigenvalue weighted by Crippen LogP contribution is -2.59. The first-order valence-electron chi connectivity index (χ1n) is 6.88. The van der Waals surface area contributed by atoms with Crippen LogP contribution >= 0.6 is 0 Å². The molecule has 20 heavy (non-hydrogen) atoms. The minimum atomic E-state index is -1.02. The number of amides is 3. The van der Waals surface area contributed by atoms with E-state index in [1.165, 1.54) is 0 Å². The molecule has 2 saturated heterocycles. The summed E-state index contributed by atoms with van der Waals surface area (Å²) in [5, 5.41) is 2.55. The number of ether oxygens (including phenoxy) is 1. The van der Waals surface area contributed by atoms with Crippen LogP contribution in [0, 0.1) is 0 Å². The van der Waals surface area contributed by atoms with E-state index in [4.69, 9.17) is 4.74 Å². The standard InChI is InChI=1S/C13H21N3O4/c1-13(12(19)14-2)9-16(6-7-20-13)11(18)8-15-5-3-4-10(15)17/h3-9H2,1-2H3,(H,14,19). The lowest BCUT2D eigenvalue weighted by molar-refractivity contribution is -0.163. The third-order valence-corrected chi connectivity index (χ3v) is 3.83. The Kier molecular flexibility index (Phi) is 4.27. The molecular weight excluding hydrogens is 262 g/mol. The van der Waals surface area contributed by atoms with E-state index in [9.17, 15) is 14.4 Å². The van der Waals surface area contributed by atoms with Crippen LogP contribution in [0.25, 0.3) is 0 Å². The van der Waals surface area contributed by atoms with Crippen LogP contribution in [0.15, 0.2) is 0 Å². The molecule has 2 aliphatic rings. The fourth-order valence-corrected chi connectivity index (χ4v) is 2.62. The third kappa shape index (κ3) is 2.92. The molecule has 3 amide bonds. The molecule has 2 rings (SSSR count). The number of likely N-dealkylation sites (tertiary alicyclic amines) is 1. The van der Waals surface area contributed by atoms with Crippen molar-refractivity contribution in [2.75, 3.05) is 39.8 Å². The van der Waals surface area contributed by atoms with Crippen molar-refractivity contribution in [3.63, 3.8) is 0 Å². The van der Waals surface area contributed by atoms with Crippen molar-refractivity contribution < 1.29 is 19.1 Å². The molecule has 1 atom stereocenters. The lowest BCUT2D eigenvalue weighted by atomic mass is 10.0. The number of hydrogen-bond donors (Lipinski definition) is 1. The highest BCUT2D eigenvalue weighted by Crippen LogP contribution is 2.18. The Morgan fingerprint density at radius 2 is 2.15 bits per heavy atom. The molecule has 0 aromatic carbocycles. The Morgan fingerprint density at radius 3 is 2.75 bits per heavy atom. The van der Waals surface area contributed by atoms with Gasteiger partial charge in [-0.15, -0.1) is 0 Å². The van der Waals surface area contributed by atoms with Crippen LogP contribution in [0.1, 0.15) is 19.8 Å². The van der Waals surface area contributed by atoms with Crippen molar-refractivity contribution in [2.24, 2.45) is 0 Å². The summed E-state index contributed by atoms with van der Waals surface area (Å²) >= 11 is 0. The molecule has 112 valence electrons. The number of nitrogens with one attached hydrogen (secondary N) is 1. The molecule has 7 heteroatoms. The van der Waals surface area contributed by atoms with E-state index in [0.717, 1.165) is 6.42 Å². The molecule has 7 nitrogen and oxygen atoms in total. The Hall–Kier alpha value is -1.63. The SMILES string of the molecule is CNC(=O)C1(C)CN(C(=O)CN2CCCC2=O)CCO1. The first-order chi connectivity index (χ1) is 9.46. The Balaban J connectivity index is 1.96. The smallest absolute Gasteiger partial charge is 0.253 e. The van der Waals surface area contributed by atoms with Crippen LogP contribution < -0.4 is 5.32 Å². The Bertz CT molecular complexity index is 426. The molecule has 0 bridgehead atoms. The van der Waals surface area contributed by atoms with Gasteiger partial charge in [0.25, 0.3) is 5.91 Å². The van der Waals surface area contributed by atoms with Gasteiger partial charge in [-0.05, 0) is 13.3 Å². The number of likely N-dealkylation sites (N-methyl/N-ethyl adjacent to an activating group) is 1. The van der Waals surface area contributed by atoms with Gasteiger partial charge in [0.1, 0.15) is 0 Å². The molecule has 0 radical (unpaired) electrons. The zero-order chi connectivity index (χ0) is 14.8. The molecule has 0 spiro atoms. The zero-order valence-electron chi connectivity index (χ0n) is 12.0. The van der Waals surface area contributed by atoms with Gasteiger partial charge >= 0.3 is 0 Å². The summed E-state index contributed by atoms with van der Waals surface area (Å²) in [7, 11) is 1.54. The molecule has 2 heterocycles. The number of carbonyl (C=O) groups is 3. The topological polar surface area (TPSA) is 79.0 Å². The van der Waals surface area contributed by atoms with Crippen molar-refractivity contribution in [1.29, 1.82) is 0 Å². The molecular formula is C13H21N3O4. The molecule has 1 N–H and O–H groups in total. The second-order valence-corrected chi connectivity index (χ2v) is 5.39. The fourth-order valence-electron chi connectivity index (χ4n) is 2.62. The summed E-state index contributed by atoms with van der Waals surface area (Å²) in [6.45, 7) is 3.40. The van der Waals surface area contributed by atoms with E-state index in [-0.39, 0.29) is 30.8 Å². The summed E-state index contributed by atoms with van der Waals surface area (Å²) in [6.07, 6.45) is 1.33. The quantitative estimate of drug-likeness (QED) is 0.718. The average Bonchev–Trinajstić information content (AvgIpc) is 2.83. The minimum absolute atomic E-state index is 0.0284. The van der Waals surface area contributed by atoms with Gasteiger partial charge in [0.2, 0.25) is 11.8 Å². The zero-order valence-corrected chi connectivity index (χ0v) is 12.0. The van der Waals surface area contributed by atoms with Crippen molar-refractivity contribution in [2.45, 2.75) is 25.4 Å². The maximum Gasteiger partial charge on any atom is 0.253 e. The van der Waals surface area contributed by atoms with Gasteiger partial charge < -0.3 is 19.9 Å². The summed E-state index contributed by atoms with van der Waals surface area (Å²) in [5.74, 6) is -0.341. The Labute approximate surface area is 118 Å². The first kappa shape index (κ1) is 14.8. The average molecular weight is 283 g/mol. The number of rotatable bonds is 3. The molecule has 0 aromatic heterocycles. The van der Waals surface area contributed by atoms with Crippen LogP contribution in [0.5, 0.6) is 0 Å². The fraction of sp³-hybridized carbons (Fsp3) is 0.769. The highest BCUT2D eigenvalue weighted by atomic mass is 16.5. The molecule has 0 aromatic rings. The van der Waals surface area contributed by atoms with Crippen LogP contribution in [-0.2, 0) is 19.1 Å². The van der Waals surface area contributed by atoms with Crippen LogP contribution in [0.4, 0.5) is 0 Å². The summed E-state index contributed by atoms with van der Waals surface area (Å²) < 4.78 is 5.50. The largest absolute Gasteiger partial charge is 0.362 e. The van der Waals surface area contributed by atoms with Gasteiger partial charge in [0, 0.05) is 26.6 Å². The number of nitrogens with zero attached hydrogens (tertiary/aromatic N) is 2. The van der Waals surface area contributed by atoms with E-state index in [1.807, 2.05) is 0 Å². The maximum atomic E-state index is 12.2. The molecule has 2 aliphatic heterocycles. The normalized spacial score (nSPS) is 26.8. The minimum Gasteiger partial charge on any atom is -0.362 e. The van der Waals surface area contributed by atoms with Gasteiger partial charge in [-0.1, -0.05) is 0 Å². The first-order valence-corrected chi connectivity index (χ1v) is 6.88. The van der Waals surface area contributed by atoms with Crippen LogP contribution in [0.2, 0.25) is 0 Å². The summed E-state index contributed by atoms with van der Waals surface area (Å²) in [5.41, 5.74) is -1.02. The lowest BCUT2D eigenvalue weighted by Gasteiger charge is -2.39. The Morgan fingerprint density at radius 1 is 1.40 bits per heavy atom. The maximum absolute atomic E-state index is 12.2. The number of hydrogen-bond acceptors (Lipinski definition) is 4. The van der Waals surface area contributed by atoms with Crippen molar-refractivity contribution in [1.82, 2.24) is 15.1 Å². The molecule has 1 unspecified atom stereocenters. The van der Waals surface area contributed by atoms with E-state index < -0.39 is 5.60 Å². The van der Waals surface area contributed by atoms with Crippen LogP contribution in [0.3, 0.4) is 0 Å². The van der Waals surface area contributed by atoms with Crippen molar-refractivity contribution in [3.8, 4) is 0 Å². The molecule has 2 fully saturated rings. The number of morpholine rings is 1. The van der Waals surface area contributed by atoms with E-state index >= 15 is 0 Å². The van der Waals surface area contributed by atoms with Gasteiger partial charge in [-0.3, -0.25) is 14.4 Å². The van der Waals surface area contributed by atoms with Crippen molar-refractivity contribution in [3.05, 3.63) is 0 Å². The molecule has 0 saturated carbocycles. The monoisotopic (exact) mass is 283 g/mol. The second-order valence-electron chi connectivity index (χ2n) is 5.39. The van der Waals surface area contributed by atoms with Gasteiger partial charge in [0.05, 0.1) is 19.7 Å². The predicted molar refractivity (Wildman–Crippen MR) is 70.8 cm³/mol. The third-order valence-electron chi connectivity index (χ3n) is 3.83. The van der Waals surface area contributed by atoms with E-state index in [2.05, 4.69) is 5.32 Å². The second kappa shape index (κ2) is 5.78. The van der Waals surface area contributed by atoms with Gasteiger partial charge in [0.15, 0.2) is 5.60 Å². The highest BCUT2D eigenvalue weighted by Gasteiger charge is 2.40. The van der Waals surface area contributed by atoms with Gasteiger partial charge in [-0.25, -0.2) is 0 Å². The summed E-state index contributed by atoms with van der Waals surface area (Å²) in [4.78, 5) is 38.8. The van der Waals surface area contributed by atoms with Crippen LogP contribution in [-0.4, -0.2) is 73.0 Å². The van der Waals surface area contributed by atoms with Crippen molar-refractivity contribution >= 4 is 17.7 Å². The highest BCUT2D eigenvalue weighted by molar-refractivity contribution is 5.88. The predicted octanol–water partition coefficient (Wildman–Crippen LogP) is -1.03. The van der Waals surface area contributed by atoms with E-state index in [0.29, 0.717) is 26.1 Å². The van der Waals surface area contributed by atoms with Gasteiger partial charge in [-0.2, -0.15) is 0 Å². The summed E-state index contributed by atoms with van der Waals surface area (Å²) in [6, 6.07) is 0.